The van der Waals surface area contributed by atoms with E-state index in [1.165, 1.54) is 0 Å². The maximum Gasteiger partial charge on any atom is 0.338 e. The Balaban J connectivity index is 3.53. The van der Waals surface area contributed by atoms with Gasteiger partial charge in [0.25, 0.3) is 5.91 Å². The van der Waals surface area contributed by atoms with Gasteiger partial charge in [0.15, 0.2) is 0 Å². The Labute approximate surface area is 88.1 Å². The SMILES string of the molecule is Cc1ncc(C(=O)O)c(C(N)=O)c1Br. The van der Waals surface area contributed by atoms with E-state index in [1.54, 1.807) is 6.92 Å². The van der Waals surface area contributed by atoms with Crippen molar-refractivity contribution in [2.75, 3.05) is 0 Å². The summed E-state index contributed by atoms with van der Waals surface area (Å²) in [5.41, 5.74) is 5.33. The van der Waals surface area contributed by atoms with Crippen LogP contribution in [0.2, 0.25) is 0 Å². The molecule has 0 aliphatic carbocycles. The number of hydrogen-bond donors (Lipinski definition) is 2. The molecule has 0 atom stereocenters. The second-order valence-electron chi connectivity index (χ2n) is 2.62. The summed E-state index contributed by atoms with van der Waals surface area (Å²) < 4.78 is 0.324. The number of pyridine rings is 1. The lowest BCUT2D eigenvalue weighted by atomic mass is 10.1. The van der Waals surface area contributed by atoms with Gasteiger partial charge < -0.3 is 10.8 Å². The van der Waals surface area contributed by atoms with Gasteiger partial charge in [0.2, 0.25) is 0 Å². The number of nitrogens with zero attached hydrogens (tertiary/aromatic N) is 1. The molecular formula is C8H7BrN2O3. The summed E-state index contributed by atoms with van der Waals surface area (Å²) in [5.74, 6) is -2.02. The van der Waals surface area contributed by atoms with Gasteiger partial charge in [-0.3, -0.25) is 9.78 Å². The number of nitrogens with two attached hydrogens (primary N) is 1. The minimum atomic E-state index is -1.23. The number of halogens is 1. The third-order valence-corrected chi connectivity index (χ3v) is 2.64. The molecule has 1 heterocycles. The van der Waals surface area contributed by atoms with Crippen LogP contribution in [0.1, 0.15) is 26.4 Å². The number of carbonyl (C=O) groups excluding carboxylic acids is 1. The zero-order chi connectivity index (χ0) is 10.9. The first-order chi connectivity index (χ1) is 6.45. The van der Waals surface area contributed by atoms with Crippen molar-refractivity contribution >= 4 is 27.8 Å². The van der Waals surface area contributed by atoms with Crippen molar-refractivity contribution in [1.29, 1.82) is 0 Å². The Morgan fingerprint density at radius 2 is 2.14 bits per heavy atom. The highest BCUT2D eigenvalue weighted by atomic mass is 79.9. The molecule has 74 valence electrons. The Bertz CT molecular complexity index is 417. The van der Waals surface area contributed by atoms with E-state index in [0.717, 1.165) is 6.20 Å². The topological polar surface area (TPSA) is 93.3 Å². The molecule has 1 aromatic heterocycles. The quantitative estimate of drug-likeness (QED) is 0.826. The van der Waals surface area contributed by atoms with Crippen molar-refractivity contribution in [2.24, 2.45) is 5.73 Å². The van der Waals surface area contributed by atoms with E-state index in [-0.39, 0.29) is 11.1 Å². The maximum atomic E-state index is 11.0. The third-order valence-electron chi connectivity index (χ3n) is 1.67. The van der Waals surface area contributed by atoms with Crippen molar-refractivity contribution in [1.82, 2.24) is 4.98 Å². The molecule has 0 spiro atoms. The van der Waals surface area contributed by atoms with Crippen molar-refractivity contribution in [2.45, 2.75) is 6.92 Å². The first kappa shape index (κ1) is 10.6. The van der Waals surface area contributed by atoms with Gasteiger partial charge in [0, 0.05) is 6.20 Å². The molecular weight excluding hydrogens is 252 g/mol. The van der Waals surface area contributed by atoms with Gasteiger partial charge in [0.1, 0.15) is 0 Å². The van der Waals surface area contributed by atoms with Crippen LogP contribution in [0.4, 0.5) is 0 Å². The normalized spacial score (nSPS) is 9.86. The Hall–Kier alpha value is -1.43. The molecule has 0 saturated carbocycles. The second-order valence-corrected chi connectivity index (χ2v) is 3.41. The fourth-order valence-electron chi connectivity index (χ4n) is 0.985. The smallest absolute Gasteiger partial charge is 0.338 e. The van der Waals surface area contributed by atoms with Gasteiger partial charge in [0.05, 0.1) is 21.3 Å². The molecule has 0 bridgehead atoms. The molecule has 5 nitrogen and oxygen atoms in total. The molecule has 0 aromatic carbocycles. The third kappa shape index (κ3) is 1.74. The lowest BCUT2D eigenvalue weighted by Gasteiger charge is -2.06. The van der Waals surface area contributed by atoms with E-state index in [0.29, 0.717) is 10.2 Å². The summed E-state index contributed by atoms with van der Waals surface area (Å²) >= 11 is 3.07. The lowest BCUT2D eigenvalue weighted by Crippen LogP contribution is -2.18. The van der Waals surface area contributed by atoms with Gasteiger partial charge in [-0.25, -0.2) is 4.79 Å². The minimum absolute atomic E-state index is 0.0509. The molecule has 14 heavy (non-hydrogen) atoms. The average Bonchev–Trinajstić information content (AvgIpc) is 2.08. The fourth-order valence-corrected chi connectivity index (χ4v) is 1.50. The number of aromatic nitrogens is 1. The molecule has 0 fully saturated rings. The molecule has 1 rings (SSSR count). The number of rotatable bonds is 2. The summed E-state index contributed by atoms with van der Waals surface area (Å²) in [7, 11) is 0. The monoisotopic (exact) mass is 258 g/mol. The number of carbonyl (C=O) groups is 2. The average molecular weight is 259 g/mol. The molecule has 0 saturated heterocycles. The van der Waals surface area contributed by atoms with Crippen LogP contribution in [0.25, 0.3) is 0 Å². The number of carboxylic acids is 1. The standard InChI is InChI=1S/C8H7BrN2O3/c1-3-6(9)5(7(10)12)4(2-11-3)8(13)14/h2H,1H3,(H2,10,12)(H,13,14). The van der Waals surface area contributed by atoms with E-state index in [2.05, 4.69) is 20.9 Å². The molecule has 3 N–H and O–H groups in total. The van der Waals surface area contributed by atoms with Crippen LogP contribution in [0.15, 0.2) is 10.7 Å². The van der Waals surface area contributed by atoms with Gasteiger partial charge in [-0.05, 0) is 22.9 Å². The summed E-state index contributed by atoms with van der Waals surface area (Å²) in [5, 5.41) is 8.76. The molecule has 0 unspecified atom stereocenters. The number of amides is 1. The zero-order valence-electron chi connectivity index (χ0n) is 7.24. The predicted octanol–water partition coefficient (Wildman–Crippen LogP) is 0.950. The van der Waals surface area contributed by atoms with Crippen LogP contribution in [-0.2, 0) is 0 Å². The van der Waals surface area contributed by atoms with Crippen LogP contribution >= 0.6 is 15.9 Å². The summed E-state index contributed by atoms with van der Waals surface area (Å²) in [6, 6.07) is 0. The van der Waals surface area contributed by atoms with Gasteiger partial charge in [-0.2, -0.15) is 0 Å². The van der Waals surface area contributed by atoms with Crippen molar-refractivity contribution < 1.29 is 14.7 Å². The van der Waals surface area contributed by atoms with Crippen LogP contribution in [0.3, 0.4) is 0 Å². The number of primary amides is 1. The van der Waals surface area contributed by atoms with Crippen molar-refractivity contribution in [3.8, 4) is 0 Å². The highest BCUT2D eigenvalue weighted by Gasteiger charge is 2.19. The van der Waals surface area contributed by atoms with Crippen LogP contribution in [-0.4, -0.2) is 22.0 Å². The summed E-state index contributed by atoms with van der Waals surface area (Å²) in [4.78, 5) is 25.5. The Morgan fingerprint density at radius 1 is 1.57 bits per heavy atom. The van der Waals surface area contributed by atoms with E-state index in [1.807, 2.05) is 0 Å². The van der Waals surface area contributed by atoms with Crippen LogP contribution in [0, 0.1) is 6.92 Å². The number of aryl methyl sites for hydroxylation is 1. The number of hydrogen-bond acceptors (Lipinski definition) is 3. The molecule has 0 aliphatic heterocycles. The van der Waals surface area contributed by atoms with E-state index < -0.39 is 11.9 Å². The minimum Gasteiger partial charge on any atom is -0.478 e. The van der Waals surface area contributed by atoms with E-state index >= 15 is 0 Å². The van der Waals surface area contributed by atoms with Gasteiger partial charge in [-0.1, -0.05) is 0 Å². The second kappa shape index (κ2) is 3.75. The predicted molar refractivity (Wildman–Crippen MR) is 52.2 cm³/mol. The molecule has 6 heteroatoms. The Morgan fingerprint density at radius 3 is 2.57 bits per heavy atom. The summed E-state index contributed by atoms with van der Waals surface area (Å²) in [6.07, 6.45) is 1.11. The maximum absolute atomic E-state index is 11.0. The lowest BCUT2D eigenvalue weighted by molar-refractivity contribution is 0.0691. The van der Waals surface area contributed by atoms with Gasteiger partial charge in [-0.15, -0.1) is 0 Å². The van der Waals surface area contributed by atoms with Crippen molar-refractivity contribution in [3.05, 3.63) is 27.5 Å². The number of carboxylic acid groups (broad SMARTS) is 1. The van der Waals surface area contributed by atoms with Crippen LogP contribution in [0.5, 0.6) is 0 Å². The molecule has 0 aliphatic rings. The molecule has 1 amide bonds. The first-order valence-corrected chi connectivity index (χ1v) is 4.42. The zero-order valence-corrected chi connectivity index (χ0v) is 8.83. The first-order valence-electron chi connectivity index (χ1n) is 3.63. The van der Waals surface area contributed by atoms with Crippen LogP contribution < -0.4 is 5.73 Å². The van der Waals surface area contributed by atoms with E-state index in [4.69, 9.17) is 10.8 Å². The van der Waals surface area contributed by atoms with Gasteiger partial charge >= 0.3 is 5.97 Å². The van der Waals surface area contributed by atoms with E-state index in [9.17, 15) is 9.59 Å². The highest BCUT2D eigenvalue weighted by Crippen LogP contribution is 2.22. The number of aromatic carboxylic acids is 1. The summed E-state index contributed by atoms with van der Waals surface area (Å²) in [6.45, 7) is 1.64. The Kier molecular flexibility index (Phi) is 2.85. The fraction of sp³-hybridized carbons (Fsp3) is 0.125. The highest BCUT2D eigenvalue weighted by molar-refractivity contribution is 9.10. The largest absolute Gasteiger partial charge is 0.478 e. The molecule has 0 radical (unpaired) electrons. The van der Waals surface area contributed by atoms with Crippen molar-refractivity contribution in [3.63, 3.8) is 0 Å². The molecule has 1 aromatic rings.